The summed E-state index contributed by atoms with van der Waals surface area (Å²) in [7, 11) is 0. The van der Waals surface area contributed by atoms with E-state index < -0.39 is 0 Å². The monoisotopic (exact) mass is 192 g/mol. The Hall–Kier alpha value is -0.820. The summed E-state index contributed by atoms with van der Waals surface area (Å²) >= 11 is 1.81. The van der Waals surface area contributed by atoms with Gasteiger partial charge in [0.25, 0.3) is 0 Å². The van der Waals surface area contributed by atoms with Gasteiger partial charge in [0, 0.05) is 4.70 Å². The molecule has 1 aromatic heterocycles. The summed E-state index contributed by atoms with van der Waals surface area (Å²) in [5, 5.41) is 3.53. The maximum atomic E-state index is 2.27. The molecule has 0 bridgehead atoms. The first-order valence-electron chi connectivity index (χ1n) is 4.86. The van der Waals surface area contributed by atoms with Crippen LogP contribution in [0.15, 0.2) is 29.6 Å². The molecule has 2 aromatic rings. The molecule has 0 atom stereocenters. The summed E-state index contributed by atoms with van der Waals surface area (Å²) in [5.41, 5.74) is 1.43. The van der Waals surface area contributed by atoms with Gasteiger partial charge in [0.1, 0.15) is 0 Å². The average molecular weight is 192 g/mol. The van der Waals surface area contributed by atoms with E-state index in [1.807, 2.05) is 13.8 Å². The van der Waals surface area contributed by atoms with E-state index in [1.54, 1.807) is 11.3 Å². The highest BCUT2D eigenvalue weighted by molar-refractivity contribution is 7.17. The molecule has 1 heteroatoms. The second kappa shape index (κ2) is 5.03. The zero-order chi connectivity index (χ0) is 9.68. The SMILES string of the molecule is CC.CCc1ccc2sccc2c1. The molecule has 13 heavy (non-hydrogen) atoms. The molecule has 0 N–H and O–H groups in total. The lowest BCUT2D eigenvalue weighted by molar-refractivity contribution is 1.15. The highest BCUT2D eigenvalue weighted by Crippen LogP contribution is 2.21. The Labute approximate surface area is 84.2 Å². The Morgan fingerprint density at radius 1 is 1.15 bits per heavy atom. The van der Waals surface area contributed by atoms with Gasteiger partial charge in [0.05, 0.1) is 0 Å². The Morgan fingerprint density at radius 2 is 1.92 bits per heavy atom. The molecular formula is C12H16S. The van der Waals surface area contributed by atoms with E-state index >= 15 is 0 Å². The normalized spacial score (nSPS) is 9.46. The van der Waals surface area contributed by atoms with E-state index in [9.17, 15) is 0 Å². The fourth-order valence-electron chi connectivity index (χ4n) is 1.24. The zero-order valence-corrected chi connectivity index (χ0v) is 9.32. The van der Waals surface area contributed by atoms with Crippen LogP contribution < -0.4 is 0 Å². The molecule has 0 radical (unpaired) electrons. The minimum Gasteiger partial charge on any atom is -0.144 e. The van der Waals surface area contributed by atoms with E-state index in [4.69, 9.17) is 0 Å². The second-order valence-electron chi connectivity index (χ2n) is 2.65. The number of fused-ring (bicyclic) bond motifs is 1. The van der Waals surface area contributed by atoms with Crippen LogP contribution in [0.25, 0.3) is 10.1 Å². The minimum absolute atomic E-state index is 1.13. The molecule has 0 aliphatic rings. The van der Waals surface area contributed by atoms with Gasteiger partial charge in [-0.1, -0.05) is 32.9 Å². The maximum absolute atomic E-state index is 2.27. The molecule has 0 aliphatic heterocycles. The predicted octanol–water partition coefficient (Wildman–Crippen LogP) is 4.49. The Bertz CT molecular complexity index is 360. The minimum atomic E-state index is 1.13. The molecular weight excluding hydrogens is 176 g/mol. The number of benzene rings is 1. The van der Waals surface area contributed by atoms with Crippen molar-refractivity contribution in [1.82, 2.24) is 0 Å². The maximum Gasteiger partial charge on any atom is 0.0342 e. The Balaban J connectivity index is 0.000000396. The lowest BCUT2D eigenvalue weighted by Crippen LogP contribution is -1.76. The third kappa shape index (κ3) is 2.31. The lowest BCUT2D eigenvalue weighted by Gasteiger charge is -1.94. The molecule has 0 fully saturated rings. The van der Waals surface area contributed by atoms with Crippen LogP contribution in [-0.2, 0) is 6.42 Å². The van der Waals surface area contributed by atoms with Gasteiger partial charge in [-0.3, -0.25) is 0 Å². The van der Waals surface area contributed by atoms with Gasteiger partial charge in [-0.05, 0) is 34.9 Å². The third-order valence-corrected chi connectivity index (χ3v) is 2.82. The molecule has 0 aliphatic carbocycles. The van der Waals surface area contributed by atoms with Crippen molar-refractivity contribution < 1.29 is 0 Å². The van der Waals surface area contributed by atoms with E-state index in [0.29, 0.717) is 0 Å². The fraction of sp³-hybridized carbons (Fsp3) is 0.333. The first kappa shape index (κ1) is 10.3. The standard InChI is InChI=1S/C10H10S.C2H6/c1-2-8-3-4-10-9(7-8)5-6-11-10;1-2/h3-7H,2H2,1H3;1-2H3. The lowest BCUT2D eigenvalue weighted by atomic mass is 10.1. The number of hydrogen-bond acceptors (Lipinski definition) is 1. The number of thiophene rings is 1. The molecule has 0 unspecified atom stereocenters. The molecule has 0 amide bonds. The summed E-state index contributed by atoms with van der Waals surface area (Å²) in [6, 6.07) is 8.86. The number of aryl methyl sites for hydroxylation is 1. The summed E-state index contributed by atoms with van der Waals surface area (Å²) in [6.45, 7) is 6.19. The van der Waals surface area contributed by atoms with Gasteiger partial charge in [0.15, 0.2) is 0 Å². The van der Waals surface area contributed by atoms with Gasteiger partial charge in [-0.15, -0.1) is 11.3 Å². The van der Waals surface area contributed by atoms with Crippen molar-refractivity contribution in [3.8, 4) is 0 Å². The topological polar surface area (TPSA) is 0 Å². The molecule has 0 saturated heterocycles. The molecule has 0 saturated carbocycles. The average Bonchev–Trinajstić information content (AvgIpc) is 2.67. The van der Waals surface area contributed by atoms with Crippen LogP contribution in [0.4, 0.5) is 0 Å². The van der Waals surface area contributed by atoms with Crippen molar-refractivity contribution in [3.05, 3.63) is 35.2 Å². The molecule has 70 valence electrons. The highest BCUT2D eigenvalue weighted by Gasteiger charge is 1.94. The second-order valence-corrected chi connectivity index (χ2v) is 3.59. The highest BCUT2D eigenvalue weighted by atomic mass is 32.1. The van der Waals surface area contributed by atoms with E-state index in [-0.39, 0.29) is 0 Å². The summed E-state index contributed by atoms with van der Waals surface area (Å²) in [6.07, 6.45) is 1.13. The summed E-state index contributed by atoms with van der Waals surface area (Å²) in [5.74, 6) is 0. The molecule has 0 spiro atoms. The predicted molar refractivity (Wildman–Crippen MR) is 62.6 cm³/mol. The van der Waals surface area contributed by atoms with Crippen LogP contribution in [0.1, 0.15) is 26.3 Å². The van der Waals surface area contributed by atoms with E-state index in [2.05, 4.69) is 36.6 Å². The van der Waals surface area contributed by atoms with Crippen LogP contribution in [0.2, 0.25) is 0 Å². The van der Waals surface area contributed by atoms with Crippen molar-refractivity contribution in [2.75, 3.05) is 0 Å². The molecule has 1 aromatic carbocycles. The Kier molecular flexibility index (Phi) is 3.97. The van der Waals surface area contributed by atoms with Gasteiger partial charge >= 0.3 is 0 Å². The first-order chi connectivity index (χ1) is 6.40. The van der Waals surface area contributed by atoms with Crippen molar-refractivity contribution in [3.63, 3.8) is 0 Å². The van der Waals surface area contributed by atoms with E-state index in [0.717, 1.165) is 6.42 Å². The van der Waals surface area contributed by atoms with Crippen LogP contribution in [0, 0.1) is 0 Å². The largest absolute Gasteiger partial charge is 0.144 e. The quantitative estimate of drug-likeness (QED) is 0.624. The first-order valence-corrected chi connectivity index (χ1v) is 5.74. The third-order valence-electron chi connectivity index (χ3n) is 1.93. The molecule has 2 rings (SSSR count). The number of rotatable bonds is 1. The van der Waals surface area contributed by atoms with E-state index in [1.165, 1.54) is 15.6 Å². The van der Waals surface area contributed by atoms with Crippen molar-refractivity contribution in [2.45, 2.75) is 27.2 Å². The van der Waals surface area contributed by atoms with Crippen LogP contribution >= 0.6 is 11.3 Å². The van der Waals surface area contributed by atoms with Crippen molar-refractivity contribution >= 4 is 21.4 Å². The van der Waals surface area contributed by atoms with Crippen molar-refractivity contribution in [1.29, 1.82) is 0 Å². The van der Waals surface area contributed by atoms with Gasteiger partial charge in [0.2, 0.25) is 0 Å². The van der Waals surface area contributed by atoms with Gasteiger partial charge in [-0.25, -0.2) is 0 Å². The summed E-state index contributed by atoms with van der Waals surface area (Å²) in [4.78, 5) is 0. The van der Waals surface area contributed by atoms with Crippen LogP contribution in [0.5, 0.6) is 0 Å². The number of hydrogen-bond donors (Lipinski definition) is 0. The van der Waals surface area contributed by atoms with Crippen molar-refractivity contribution in [2.24, 2.45) is 0 Å². The smallest absolute Gasteiger partial charge is 0.0342 e. The van der Waals surface area contributed by atoms with Gasteiger partial charge in [-0.2, -0.15) is 0 Å². The van der Waals surface area contributed by atoms with Crippen LogP contribution in [-0.4, -0.2) is 0 Å². The molecule has 1 heterocycles. The summed E-state index contributed by atoms with van der Waals surface area (Å²) < 4.78 is 1.39. The zero-order valence-electron chi connectivity index (χ0n) is 8.50. The molecule has 0 nitrogen and oxygen atoms in total. The Morgan fingerprint density at radius 3 is 2.62 bits per heavy atom. The fourth-order valence-corrected chi connectivity index (χ4v) is 2.01. The van der Waals surface area contributed by atoms with Gasteiger partial charge < -0.3 is 0 Å². The van der Waals surface area contributed by atoms with Crippen LogP contribution in [0.3, 0.4) is 0 Å².